The van der Waals surface area contributed by atoms with Gasteiger partial charge < -0.3 is 5.32 Å². The standard InChI is InChI=1S/C22H25N3O2S/c1-14-10-12-16(13-11-14)25-20(27)17-8-6-7-9-18(17)23-21(25)28-15(2)19(26)24-22(3,4)5/h6-13,15H,1-5H3,(H,24,26). The molecule has 0 aliphatic carbocycles. The number of carbonyl (C=O) groups is 1. The van der Waals surface area contributed by atoms with Gasteiger partial charge in [0.15, 0.2) is 5.16 Å². The number of nitrogens with one attached hydrogen (secondary N) is 1. The van der Waals surface area contributed by atoms with Gasteiger partial charge in [0.25, 0.3) is 5.56 Å². The summed E-state index contributed by atoms with van der Waals surface area (Å²) in [5.41, 5.74) is 2.01. The summed E-state index contributed by atoms with van der Waals surface area (Å²) in [4.78, 5) is 30.5. The van der Waals surface area contributed by atoms with Gasteiger partial charge in [0.05, 0.1) is 21.8 Å². The maximum absolute atomic E-state index is 13.2. The monoisotopic (exact) mass is 395 g/mol. The Bertz CT molecular complexity index is 1070. The van der Waals surface area contributed by atoms with Crippen molar-refractivity contribution in [2.24, 2.45) is 0 Å². The van der Waals surface area contributed by atoms with Gasteiger partial charge in [0.1, 0.15) is 0 Å². The lowest BCUT2D eigenvalue weighted by molar-refractivity contribution is -0.121. The van der Waals surface area contributed by atoms with E-state index in [1.807, 2.05) is 77.1 Å². The number of aryl methyl sites for hydroxylation is 1. The van der Waals surface area contributed by atoms with Gasteiger partial charge in [-0.3, -0.25) is 14.2 Å². The molecule has 0 spiro atoms. The quantitative estimate of drug-likeness (QED) is 0.534. The predicted molar refractivity (Wildman–Crippen MR) is 115 cm³/mol. The van der Waals surface area contributed by atoms with Crippen LogP contribution < -0.4 is 10.9 Å². The fraction of sp³-hybridized carbons (Fsp3) is 0.318. The highest BCUT2D eigenvalue weighted by Gasteiger charge is 2.23. The number of aromatic nitrogens is 2. The first-order valence-electron chi connectivity index (χ1n) is 9.23. The van der Waals surface area contributed by atoms with E-state index in [4.69, 9.17) is 4.98 Å². The molecule has 0 saturated heterocycles. The minimum Gasteiger partial charge on any atom is -0.351 e. The lowest BCUT2D eigenvalue weighted by Crippen LogP contribution is -2.44. The van der Waals surface area contributed by atoms with Gasteiger partial charge in [-0.2, -0.15) is 0 Å². The van der Waals surface area contributed by atoms with Crippen LogP contribution in [0.3, 0.4) is 0 Å². The molecule has 1 unspecified atom stereocenters. The van der Waals surface area contributed by atoms with Crippen molar-refractivity contribution in [1.29, 1.82) is 0 Å². The summed E-state index contributed by atoms with van der Waals surface area (Å²) in [6, 6.07) is 15.0. The van der Waals surface area contributed by atoms with Crippen molar-refractivity contribution in [1.82, 2.24) is 14.9 Å². The number of amides is 1. The highest BCUT2D eigenvalue weighted by Crippen LogP contribution is 2.25. The molecule has 1 amide bonds. The Morgan fingerprint density at radius 2 is 1.75 bits per heavy atom. The van der Waals surface area contributed by atoms with Gasteiger partial charge in [0, 0.05) is 5.54 Å². The van der Waals surface area contributed by atoms with Crippen LogP contribution in [0.2, 0.25) is 0 Å². The number of thioether (sulfide) groups is 1. The Hall–Kier alpha value is -2.60. The maximum atomic E-state index is 13.2. The molecule has 0 fully saturated rings. The molecule has 0 saturated carbocycles. The summed E-state index contributed by atoms with van der Waals surface area (Å²) in [5, 5.41) is 3.64. The van der Waals surface area contributed by atoms with Crippen LogP contribution in [0, 0.1) is 6.92 Å². The third-order valence-corrected chi connectivity index (χ3v) is 5.24. The molecule has 0 bridgehead atoms. The molecule has 0 radical (unpaired) electrons. The third-order valence-electron chi connectivity index (χ3n) is 4.19. The largest absolute Gasteiger partial charge is 0.351 e. The second-order valence-corrected chi connectivity index (χ2v) is 9.19. The smallest absolute Gasteiger partial charge is 0.266 e. The second kappa shape index (κ2) is 7.80. The molecule has 1 heterocycles. The number of para-hydroxylation sites is 1. The Morgan fingerprint density at radius 1 is 1.11 bits per heavy atom. The van der Waals surface area contributed by atoms with E-state index in [2.05, 4.69) is 5.32 Å². The fourth-order valence-corrected chi connectivity index (χ4v) is 3.72. The summed E-state index contributed by atoms with van der Waals surface area (Å²) >= 11 is 1.29. The average molecular weight is 396 g/mol. The maximum Gasteiger partial charge on any atom is 0.266 e. The molecule has 146 valence electrons. The van der Waals surface area contributed by atoms with Crippen molar-refractivity contribution in [3.8, 4) is 5.69 Å². The highest BCUT2D eigenvalue weighted by molar-refractivity contribution is 8.00. The summed E-state index contributed by atoms with van der Waals surface area (Å²) in [6.45, 7) is 9.66. The zero-order valence-corrected chi connectivity index (χ0v) is 17.6. The SMILES string of the molecule is Cc1ccc(-n2c(SC(C)C(=O)NC(C)(C)C)nc3ccccc3c2=O)cc1. The first kappa shape index (κ1) is 20.1. The lowest BCUT2D eigenvalue weighted by atomic mass is 10.1. The van der Waals surface area contributed by atoms with Crippen LogP contribution in [0.1, 0.15) is 33.3 Å². The Labute approximate surface area is 169 Å². The molecule has 28 heavy (non-hydrogen) atoms. The van der Waals surface area contributed by atoms with Crippen molar-refractivity contribution in [2.75, 3.05) is 0 Å². The zero-order valence-electron chi connectivity index (χ0n) is 16.8. The molecule has 5 nitrogen and oxygen atoms in total. The van der Waals surface area contributed by atoms with Crippen LogP contribution in [0.15, 0.2) is 58.5 Å². The van der Waals surface area contributed by atoms with Crippen LogP contribution >= 0.6 is 11.8 Å². The number of fused-ring (bicyclic) bond motifs is 1. The van der Waals surface area contributed by atoms with E-state index in [1.54, 1.807) is 10.6 Å². The van der Waals surface area contributed by atoms with Crippen LogP contribution in [-0.4, -0.2) is 26.2 Å². The number of nitrogens with zero attached hydrogens (tertiary/aromatic N) is 2. The van der Waals surface area contributed by atoms with Gasteiger partial charge >= 0.3 is 0 Å². The normalized spacial score (nSPS) is 12.8. The summed E-state index contributed by atoms with van der Waals surface area (Å²) < 4.78 is 1.59. The van der Waals surface area contributed by atoms with Crippen LogP contribution in [-0.2, 0) is 4.79 Å². The molecule has 1 aromatic heterocycles. The van der Waals surface area contributed by atoms with Crippen molar-refractivity contribution >= 4 is 28.6 Å². The first-order chi connectivity index (χ1) is 13.2. The van der Waals surface area contributed by atoms with E-state index in [-0.39, 0.29) is 17.0 Å². The Balaban J connectivity index is 2.10. The highest BCUT2D eigenvalue weighted by atomic mass is 32.2. The minimum atomic E-state index is -0.399. The van der Waals surface area contributed by atoms with Gasteiger partial charge in [0.2, 0.25) is 5.91 Å². The molecule has 2 aromatic carbocycles. The number of benzene rings is 2. The van der Waals surface area contributed by atoms with E-state index in [0.717, 1.165) is 11.3 Å². The number of rotatable bonds is 4. The molecule has 1 atom stereocenters. The van der Waals surface area contributed by atoms with E-state index in [0.29, 0.717) is 16.1 Å². The summed E-state index contributed by atoms with van der Waals surface area (Å²) in [7, 11) is 0. The van der Waals surface area contributed by atoms with Gasteiger partial charge in [-0.25, -0.2) is 4.98 Å². The van der Waals surface area contributed by atoms with Crippen molar-refractivity contribution in [3.05, 3.63) is 64.4 Å². The number of hydrogen-bond acceptors (Lipinski definition) is 4. The predicted octanol–water partition coefficient (Wildman–Crippen LogP) is 4.09. The fourth-order valence-electron chi connectivity index (χ4n) is 2.80. The van der Waals surface area contributed by atoms with Crippen LogP contribution in [0.4, 0.5) is 0 Å². The summed E-state index contributed by atoms with van der Waals surface area (Å²) in [6.07, 6.45) is 0. The van der Waals surface area contributed by atoms with E-state index in [1.165, 1.54) is 11.8 Å². The third kappa shape index (κ3) is 4.44. The van der Waals surface area contributed by atoms with Crippen molar-refractivity contribution < 1.29 is 4.79 Å². The van der Waals surface area contributed by atoms with Gasteiger partial charge in [-0.15, -0.1) is 0 Å². The van der Waals surface area contributed by atoms with E-state index in [9.17, 15) is 9.59 Å². The van der Waals surface area contributed by atoms with Crippen LogP contribution in [0.5, 0.6) is 0 Å². The molecule has 0 aliphatic heterocycles. The first-order valence-corrected chi connectivity index (χ1v) is 10.1. The number of hydrogen-bond donors (Lipinski definition) is 1. The molecule has 0 aliphatic rings. The van der Waals surface area contributed by atoms with Gasteiger partial charge in [-0.05, 0) is 58.9 Å². The molecule has 1 N–H and O–H groups in total. The second-order valence-electron chi connectivity index (χ2n) is 7.89. The zero-order chi connectivity index (χ0) is 20.5. The average Bonchev–Trinajstić information content (AvgIpc) is 2.62. The lowest BCUT2D eigenvalue weighted by Gasteiger charge is -2.23. The van der Waals surface area contributed by atoms with E-state index >= 15 is 0 Å². The number of carbonyl (C=O) groups excluding carboxylic acids is 1. The molecule has 6 heteroatoms. The topological polar surface area (TPSA) is 64.0 Å². The van der Waals surface area contributed by atoms with Gasteiger partial charge in [-0.1, -0.05) is 41.6 Å². The van der Waals surface area contributed by atoms with Crippen molar-refractivity contribution in [2.45, 2.75) is 50.6 Å². The minimum absolute atomic E-state index is 0.0876. The van der Waals surface area contributed by atoms with E-state index < -0.39 is 5.25 Å². The summed E-state index contributed by atoms with van der Waals surface area (Å²) in [5.74, 6) is -0.0876. The molecular formula is C22H25N3O2S. The molecule has 3 rings (SSSR count). The Morgan fingerprint density at radius 3 is 2.39 bits per heavy atom. The molecule has 3 aromatic rings. The Kier molecular flexibility index (Phi) is 5.61. The van der Waals surface area contributed by atoms with Crippen molar-refractivity contribution in [3.63, 3.8) is 0 Å². The van der Waals surface area contributed by atoms with Crippen LogP contribution in [0.25, 0.3) is 16.6 Å². The molecular weight excluding hydrogens is 370 g/mol.